The zero-order valence-corrected chi connectivity index (χ0v) is 11.0. The highest BCUT2D eigenvalue weighted by Gasteiger charge is 2.49. The van der Waals surface area contributed by atoms with Crippen molar-refractivity contribution in [3.63, 3.8) is 0 Å². The number of aliphatic hydroxyl groups is 1. The Bertz CT molecular complexity index is 712. The van der Waals surface area contributed by atoms with Crippen molar-refractivity contribution in [3.8, 4) is 11.1 Å². The number of benzene rings is 2. The van der Waals surface area contributed by atoms with Gasteiger partial charge in [0.15, 0.2) is 0 Å². The van der Waals surface area contributed by atoms with Gasteiger partial charge in [0.2, 0.25) is 5.60 Å². The van der Waals surface area contributed by atoms with Gasteiger partial charge in [-0.3, -0.25) is 0 Å². The van der Waals surface area contributed by atoms with Gasteiger partial charge in [0.1, 0.15) is 0 Å². The van der Waals surface area contributed by atoms with Gasteiger partial charge in [-0.1, -0.05) is 41.4 Å². The highest BCUT2D eigenvalue weighted by Crippen LogP contribution is 2.50. The molecule has 0 bridgehead atoms. The molecule has 2 N–H and O–H groups in total. The molecule has 0 aromatic heterocycles. The molecule has 2 aromatic rings. The summed E-state index contributed by atoms with van der Waals surface area (Å²) in [6.45, 7) is 0. The van der Waals surface area contributed by atoms with Crippen LogP contribution in [0.3, 0.4) is 0 Å². The lowest BCUT2D eigenvalue weighted by molar-refractivity contribution is -0.154. The minimum atomic E-state index is -2.11. The molecule has 0 fully saturated rings. The van der Waals surface area contributed by atoms with Gasteiger partial charge >= 0.3 is 5.97 Å². The number of carbonyl (C=O) groups is 1. The Labute approximate surface area is 119 Å². The topological polar surface area (TPSA) is 57.5 Å². The van der Waals surface area contributed by atoms with E-state index in [0.29, 0.717) is 21.2 Å². The molecular weight excluding hydrogens is 287 g/mol. The monoisotopic (exact) mass is 294 g/mol. The van der Waals surface area contributed by atoms with Crippen molar-refractivity contribution >= 4 is 29.2 Å². The Morgan fingerprint density at radius 3 is 2.53 bits per heavy atom. The van der Waals surface area contributed by atoms with Crippen LogP contribution in [0.5, 0.6) is 0 Å². The van der Waals surface area contributed by atoms with Crippen LogP contribution in [-0.2, 0) is 10.4 Å². The Hall–Kier alpha value is -1.55. The molecule has 1 atom stereocenters. The molecule has 0 spiro atoms. The Kier molecular flexibility index (Phi) is 2.61. The lowest BCUT2D eigenvalue weighted by Crippen LogP contribution is -2.34. The standard InChI is InChI=1S/C14H8Cl2O3/c15-7-4-5-8-10(6-7)14(19,13(17)18)9-2-1-3-11(16)12(8)9/h1-6,19H,(H,17,18). The first-order chi connectivity index (χ1) is 8.96. The third kappa shape index (κ3) is 1.53. The van der Waals surface area contributed by atoms with E-state index in [4.69, 9.17) is 23.2 Å². The van der Waals surface area contributed by atoms with Crippen molar-refractivity contribution in [2.75, 3.05) is 0 Å². The Morgan fingerprint density at radius 2 is 1.84 bits per heavy atom. The second kappa shape index (κ2) is 3.97. The Morgan fingerprint density at radius 1 is 1.11 bits per heavy atom. The van der Waals surface area contributed by atoms with Crippen LogP contribution < -0.4 is 0 Å². The molecule has 0 radical (unpaired) electrons. The molecule has 2 aromatic carbocycles. The molecule has 1 aliphatic rings. The third-order valence-corrected chi connectivity index (χ3v) is 3.90. The third-order valence-electron chi connectivity index (χ3n) is 3.35. The minimum Gasteiger partial charge on any atom is -0.479 e. The molecule has 1 aliphatic carbocycles. The van der Waals surface area contributed by atoms with Crippen molar-refractivity contribution in [2.24, 2.45) is 0 Å². The first-order valence-electron chi connectivity index (χ1n) is 5.51. The normalized spacial score (nSPS) is 19.9. The minimum absolute atomic E-state index is 0.246. The van der Waals surface area contributed by atoms with E-state index in [2.05, 4.69) is 0 Å². The predicted molar refractivity (Wildman–Crippen MR) is 72.5 cm³/mol. The SMILES string of the molecule is O=C(O)C1(O)c2cc(Cl)ccc2-c2c(Cl)cccc21. The van der Waals surface area contributed by atoms with Crippen LogP contribution in [0.4, 0.5) is 0 Å². The molecule has 1 unspecified atom stereocenters. The average molecular weight is 295 g/mol. The van der Waals surface area contributed by atoms with E-state index >= 15 is 0 Å². The van der Waals surface area contributed by atoms with Crippen LogP contribution in [0.25, 0.3) is 11.1 Å². The van der Waals surface area contributed by atoms with Gasteiger partial charge < -0.3 is 10.2 Å². The van der Waals surface area contributed by atoms with Gasteiger partial charge in [0, 0.05) is 26.7 Å². The van der Waals surface area contributed by atoms with Crippen molar-refractivity contribution < 1.29 is 15.0 Å². The fourth-order valence-corrected chi connectivity index (χ4v) is 2.96. The second-order valence-corrected chi connectivity index (χ2v) is 5.21. The van der Waals surface area contributed by atoms with Crippen LogP contribution in [0.15, 0.2) is 36.4 Å². The van der Waals surface area contributed by atoms with E-state index < -0.39 is 11.6 Å². The molecule has 19 heavy (non-hydrogen) atoms. The highest BCUT2D eigenvalue weighted by molar-refractivity contribution is 6.34. The highest BCUT2D eigenvalue weighted by atomic mass is 35.5. The molecule has 96 valence electrons. The number of halogens is 2. The van der Waals surface area contributed by atoms with Gasteiger partial charge in [0.05, 0.1) is 0 Å². The summed E-state index contributed by atoms with van der Waals surface area (Å²) < 4.78 is 0. The van der Waals surface area contributed by atoms with Crippen molar-refractivity contribution in [3.05, 3.63) is 57.6 Å². The smallest absolute Gasteiger partial charge is 0.345 e. The number of hydrogen-bond acceptors (Lipinski definition) is 2. The van der Waals surface area contributed by atoms with Crippen LogP contribution >= 0.6 is 23.2 Å². The number of fused-ring (bicyclic) bond motifs is 3. The molecule has 3 nitrogen and oxygen atoms in total. The molecule has 3 rings (SSSR count). The van der Waals surface area contributed by atoms with Crippen LogP contribution in [-0.4, -0.2) is 16.2 Å². The molecule has 5 heteroatoms. The van der Waals surface area contributed by atoms with E-state index in [1.807, 2.05) is 0 Å². The summed E-state index contributed by atoms with van der Waals surface area (Å²) in [5.74, 6) is -1.35. The largest absolute Gasteiger partial charge is 0.479 e. The summed E-state index contributed by atoms with van der Waals surface area (Å²) in [7, 11) is 0. The van der Waals surface area contributed by atoms with Gasteiger partial charge in [0.25, 0.3) is 0 Å². The molecule has 0 saturated carbocycles. The quantitative estimate of drug-likeness (QED) is 0.848. The van der Waals surface area contributed by atoms with Gasteiger partial charge in [-0.05, 0) is 23.8 Å². The fourth-order valence-electron chi connectivity index (χ4n) is 2.51. The van der Waals surface area contributed by atoms with Gasteiger partial charge in [-0.2, -0.15) is 0 Å². The van der Waals surface area contributed by atoms with Crippen molar-refractivity contribution in [1.82, 2.24) is 0 Å². The maximum atomic E-state index is 11.5. The van der Waals surface area contributed by atoms with Crippen LogP contribution in [0.1, 0.15) is 11.1 Å². The lowest BCUT2D eigenvalue weighted by atomic mass is 9.92. The molecule has 0 aliphatic heterocycles. The zero-order valence-electron chi connectivity index (χ0n) is 9.52. The predicted octanol–water partition coefficient (Wildman–Crippen LogP) is 3.29. The van der Waals surface area contributed by atoms with E-state index in [-0.39, 0.29) is 11.1 Å². The van der Waals surface area contributed by atoms with Gasteiger partial charge in [-0.15, -0.1) is 0 Å². The number of hydrogen-bond donors (Lipinski definition) is 2. The van der Waals surface area contributed by atoms with Crippen LogP contribution in [0, 0.1) is 0 Å². The zero-order chi connectivity index (χ0) is 13.8. The molecule has 0 saturated heterocycles. The number of aliphatic carboxylic acids is 1. The molecule has 0 heterocycles. The fraction of sp³-hybridized carbons (Fsp3) is 0.0714. The summed E-state index contributed by atoms with van der Waals surface area (Å²) in [5, 5.41) is 20.8. The van der Waals surface area contributed by atoms with E-state index in [1.54, 1.807) is 30.3 Å². The number of carboxylic acid groups (broad SMARTS) is 1. The maximum absolute atomic E-state index is 11.5. The molecule has 0 amide bonds. The summed E-state index contributed by atoms with van der Waals surface area (Å²) in [5.41, 5.74) is -0.462. The number of rotatable bonds is 1. The average Bonchev–Trinajstić information content (AvgIpc) is 2.62. The molecular formula is C14H8Cl2O3. The first kappa shape index (κ1) is 12.5. The lowest BCUT2D eigenvalue weighted by Gasteiger charge is -2.20. The summed E-state index contributed by atoms with van der Waals surface area (Å²) in [4.78, 5) is 11.5. The Balaban J connectivity index is 2.46. The first-order valence-corrected chi connectivity index (χ1v) is 6.27. The van der Waals surface area contributed by atoms with Crippen LogP contribution in [0.2, 0.25) is 10.0 Å². The van der Waals surface area contributed by atoms with Gasteiger partial charge in [-0.25, -0.2) is 4.79 Å². The van der Waals surface area contributed by atoms with E-state index in [1.165, 1.54) is 6.07 Å². The second-order valence-electron chi connectivity index (χ2n) is 4.37. The van der Waals surface area contributed by atoms with E-state index in [9.17, 15) is 15.0 Å². The summed E-state index contributed by atoms with van der Waals surface area (Å²) in [6.07, 6.45) is 0. The summed E-state index contributed by atoms with van der Waals surface area (Å²) >= 11 is 12.0. The summed E-state index contributed by atoms with van der Waals surface area (Å²) in [6, 6.07) is 9.60. The van der Waals surface area contributed by atoms with E-state index in [0.717, 1.165) is 0 Å². The maximum Gasteiger partial charge on any atom is 0.345 e. The van der Waals surface area contributed by atoms with Crippen molar-refractivity contribution in [2.45, 2.75) is 5.60 Å². The van der Waals surface area contributed by atoms with Crippen molar-refractivity contribution in [1.29, 1.82) is 0 Å². The number of carboxylic acids is 1.